The van der Waals surface area contributed by atoms with E-state index in [0.717, 1.165) is 25.7 Å². The van der Waals surface area contributed by atoms with Gasteiger partial charge in [0.25, 0.3) is 10.2 Å². The smallest absolute Gasteiger partial charge is 0.280 e. The molecule has 1 atom stereocenters. The Labute approximate surface area is 134 Å². The Morgan fingerprint density at radius 2 is 2.00 bits per heavy atom. The number of hydrogen-bond acceptors (Lipinski definition) is 6. The van der Waals surface area contributed by atoms with E-state index in [1.165, 1.54) is 10.7 Å². The summed E-state index contributed by atoms with van der Waals surface area (Å²) >= 11 is 0. The van der Waals surface area contributed by atoms with Crippen LogP contribution in [-0.4, -0.2) is 45.7 Å². The first-order chi connectivity index (χ1) is 11.1. The van der Waals surface area contributed by atoms with Gasteiger partial charge in [0.15, 0.2) is 5.82 Å². The second-order valence-corrected chi connectivity index (χ2v) is 7.31. The Morgan fingerprint density at radius 3 is 2.57 bits per heavy atom. The minimum Gasteiger partial charge on any atom is -0.343 e. The summed E-state index contributed by atoms with van der Waals surface area (Å²) in [5, 5.41) is 7.87. The molecule has 9 nitrogen and oxygen atoms in total. The van der Waals surface area contributed by atoms with Gasteiger partial charge in [0.2, 0.25) is 6.39 Å². The second kappa shape index (κ2) is 6.77. The number of aryl methyl sites for hydroxylation is 1. The van der Waals surface area contributed by atoms with Gasteiger partial charge in [-0.3, -0.25) is 4.68 Å². The van der Waals surface area contributed by atoms with Crippen LogP contribution in [0, 0.1) is 0 Å². The van der Waals surface area contributed by atoms with Gasteiger partial charge in [-0.15, -0.1) is 0 Å². The van der Waals surface area contributed by atoms with Gasteiger partial charge < -0.3 is 4.52 Å². The van der Waals surface area contributed by atoms with Gasteiger partial charge in [-0.2, -0.15) is 27.5 Å². The Hall–Kier alpha value is -1.78. The summed E-state index contributed by atoms with van der Waals surface area (Å²) in [7, 11) is -1.88. The zero-order chi connectivity index (χ0) is 16.3. The molecule has 0 aromatic carbocycles. The number of nitrogens with zero attached hydrogens (tertiary/aromatic N) is 5. The number of nitrogens with one attached hydrogen (secondary N) is 1. The third kappa shape index (κ3) is 3.77. The predicted molar refractivity (Wildman–Crippen MR) is 81.4 cm³/mol. The van der Waals surface area contributed by atoms with E-state index in [4.69, 9.17) is 4.52 Å². The van der Waals surface area contributed by atoms with Crippen molar-refractivity contribution in [2.45, 2.75) is 31.7 Å². The highest BCUT2D eigenvalue weighted by Gasteiger charge is 2.30. The average Bonchev–Trinajstić information content (AvgIpc) is 3.10. The van der Waals surface area contributed by atoms with Crippen molar-refractivity contribution >= 4 is 10.2 Å². The Balaban J connectivity index is 1.85. The summed E-state index contributed by atoms with van der Waals surface area (Å²) in [5.74, 6) is 0.261. The van der Waals surface area contributed by atoms with Crippen LogP contribution in [0.25, 0.3) is 0 Å². The van der Waals surface area contributed by atoms with Crippen molar-refractivity contribution in [3.63, 3.8) is 0 Å². The average molecular weight is 340 g/mol. The van der Waals surface area contributed by atoms with E-state index in [9.17, 15) is 8.42 Å². The molecule has 0 saturated carbocycles. The van der Waals surface area contributed by atoms with Crippen molar-refractivity contribution in [3.8, 4) is 0 Å². The maximum atomic E-state index is 12.7. The normalized spacial score (nSPS) is 18.7. The van der Waals surface area contributed by atoms with Crippen LogP contribution >= 0.6 is 0 Å². The zero-order valence-corrected chi connectivity index (χ0v) is 13.7. The lowest BCUT2D eigenvalue weighted by molar-refractivity contribution is 0.397. The quantitative estimate of drug-likeness (QED) is 0.854. The largest absolute Gasteiger partial charge is 0.343 e. The third-order valence-corrected chi connectivity index (χ3v) is 5.45. The van der Waals surface area contributed by atoms with Crippen molar-refractivity contribution in [2.75, 3.05) is 13.1 Å². The lowest BCUT2D eigenvalue weighted by Crippen LogP contribution is -2.43. The summed E-state index contributed by atoms with van der Waals surface area (Å²) < 4.78 is 36.0. The van der Waals surface area contributed by atoms with E-state index in [0.29, 0.717) is 18.7 Å². The van der Waals surface area contributed by atoms with Crippen molar-refractivity contribution < 1.29 is 12.9 Å². The van der Waals surface area contributed by atoms with Gasteiger partial charge in [0.05, 0.1) is 6.20 Å². The highest BCUT2D eigenvalue weighted by molar-refractivity contribution is 7.87. The van der Waals surface area contributed by atoms with Crippen molar-refractivity contribution in [1.82, 2.24) is 28.9 Å². The van der Waals surface area contributed by atoms with Gasteiger partial charge in [-0.05, 0) is 12.8 Å². The molecule has 1 unspecified atom stereocenters. The maximum absolute atomic E-state index is 12.7. The monoisotopic (exact) mass is 340 g/mol. The fourth-order valence-corrected chi connectivity index (χ4v) is 4.10. The molecular formula is C13H20N6O3S. The van der Waals surface area contributed by atoms with Crippen LogP contribution in [-0.2, 0) is 17.3 Å². The molecular weight excluding hydrogens is 320 g/mol. The molecule has 0 radical (unpaired) electrons. The predicted octanol–water partition coefficient (Wildman–Crippen LogP) is 0.603. The van der Waals surface area contributed by atoms with Crippen LogP contribution in [0.1, 0.15) is 43.1 Å². The summed E-state index contributed by atoms with van der Waals surface area (Å²) in [5.41, 5.74) is 0.660. The van der Waals surface area contributed by atoms with Crippen LogP contribution in [0.4, 0.5) is 0 Å². The molecule has 1 aliphatic rings. The fourth-order valence-electron chi connectivity index (χ4n) is 2.67. The van der Waals surface area contributed by atoms with Crippen LogP contribution in [0.3, 0.4) is 0 Å². The van der Waals surface area contributed by atoms with Crippen molar-refractivity contribution in [3.05, 3.63) is 30.2 Å². The molecule has 0 aliphatic carbocycles. The molecule has 23 heavy (non-hydrogen) atoms. The highest BCUT2D eigenvalue weighted by Crippen LogP contribution is 2.21. The van der Waals surface area contributed by atoms with E-state index in [1.807, 2.05) is 0 Å². The Morgan fingerprint density at radius 1 is 1.26 bits per heavy atom. The van der Waals surface area contributed by atoms with Crippen LogP contribution in [0.2, 0.25) is 0 Å². The molecule has 3 rings (SSSR count). The number of rotatable bonds is 5. The molecule has 0 amide bonds. The zero-order valence-electron chi connectivity index (χ0n) is 12.9. The van der Waals surface area contributed by atoms with Crippen LogP contribution < -0.4 is 4.72 Å². The number of aromatic nitrogens is 4. The molecule has 2 aromatic heterocycles. The summed E-state index contributed by atoms with van der Waals surface area (Å²) in [4.78, 5) is 3.99. The van der Waals surface area contributed by atoms with Gasteiger partial charge in [0, 0.05) is 31.9 Å². The van der Waals surface area contributed by atoms with Crippen LogP contribution in [0.5, 0.6) is 0 Å². The molecule has 126 valence electrons. The lowest BCUT2D eigenvalue weighted by Gasteiger charge is -2.23. The minimum atomic E-state index is -3.65. The molecule has 10 heteroatoms. The lowest BCUT2D eigenvalue weighted by atomic mass is 10.2. The molecule has 1 aliphatic heterocycles. The van der Waals surface area contributed by atoms with E-state index >= 15 is 0 Å². The van der Waals surface area contributed by atoms with Crippen LogP contribution in [0.15, 0.2) is 23.3 Å². The standard InChI is InChI=1S/C13H20N6O3S/c1-18-9-11(8-15-18)12(13-14-10-22-16-13)17-23(20,21)19-6-4-2-3-5-7-19/h8-10,12,17H,2-7H2,1H3. The second-order valence-electron chi connectivity index (χ2n) is 5.61. The summed E-state index contributed by atoms with van der Waals surface area (Å²) in [6, 6.07) is -0.726. The fraction of sp³-hybridized carbons (Fsp3) is 0.615. The van der Waals surface area contributed by atoms with Crippen molar-refractivity contribution in [2.24, 2.45) is 7.05 Å². The maximum Gasteiger partial charge on any atom is 0.280 e. The molecule has 2 aromatic rings. The Kier molecular flexibility index (Phi) is 4.74. The molecule has 1 saturated heterocycles. The first-order valence-electron chi connectivity index (χ1n) is 7.58. The topological polar surface area (TPSA) is 106 Å². The SMILES string of the molecule is Cn1cc(C(NS(=O)(=O)N2CCCCCC2)c2ncon2)cn1. The Bertz CT molecular complexity index is 719. The van der Waals surface area contributed by atoms with Crippen molar-refractivity contribution in [1.29, 1.82) is 0 Å². The van der Waals surface area contributed by atoms with E-state index in [-0.39, 0.29) is 5.82 Å². The first-order valence-corrected chi connectivity index (χ1v) is 9.02. The third-order valence-electron chi connectivity index (χ3n) is 3.87. The molecule has 1 N–H and O–H groups in total. The van der Waals surface area contributed by atoms with E-state index < -0.39 is 16.3 Å². The van der Waals surface area contributed by atoms with Gasteiger partial charge >= 0.3 is 0 Å². The molecule has 0 spiro atoms. The highest BCUT2D eigenvalue weighted by atomic mass is 32.2. The summed E-state index contributed by atoms with van der Waals surface area (Å²) in [6.07, 6.45) is 8.37. The first kappa shape index (κ1) is 16.1. The van der Waals surface area contributed by atoms with E-state index in [1.54, 1.807) is 24.1 Å². The molecule has 0 bridgehead atoms. The molecule has 3 heterocycles. The van der Waals surface area contributed by atoms with Gasteiger partial charge in [0.1, 0.15) is 6.04 Å². The number of hydrogen-bond donors (Lipinski definition) is 1. The van der Waals surface area contributed by atoms with Gasteiger partial charge in [-0.1, -0.05) is 18.0 Å². The van der Waals surface area contributed by atoms with E-state index in [2.05, 4.69) is 20.0 Å². The molecule has 1 fully saturated rings. The minimum absolute atomic E-state index is 0.261. The van der Waals surface area contributed by atoms with Gasteiger partial charge in [-0.25, -0.2) is 0 Å². The summed E-state index contributed by atoms with van der Waals surface area (Å²) in [6.45, 7) is 1.06.